The topological polar surface area (TPSA) is 74.6 Å². The van der Waals surface area contributed by atoms with Crippen molar-refractivity contribution in [2.75, 3.05) is 13.2 Å². The van der Waals surface area contributed by atoms with Gasteiger partial charge in [0.05, 0.1) is 25.0 Å². The fourth-order valence-corrected chi connectivity index (χ4v) is 3.30. The minimum atomic E-state index is -0.745. The molecule has 6 heteroatoms. The smallest absolute Gasteiger partial charge is 0.137 e. The lowest BCUT2D eigenvalue weighted by atomic mass is 9.86. The van der Waals surface area contributed by atoms with Gasteiger partial charge in [0, 0.05) is 24.7 Å². The van der Waals surface area contributed by atoms with Crippen LogP contribution in [-0.2, 0) is 6.54 Å². The molecule has 0 amide bonds. The molecule has 3 rings (SSSR count). The summed E-state index contributed by atoms with van der Waals surface area (Å²) < 4.78 is 18.8. The van der Waals surface area contributed by atoms with Crippen LogP contribution in [0.2, 0.25) is 0 Å². The molecular weight excluding hydrogens is 323 g/mol. The van der Waals surface area contributed by atoms with Crippen molar-refractivity contribution in [3.05, 3.63) is 60.2 Å². The van der Waals surface area contributed by atoms with Crippen LogP contribution in [0.15, 0.2) is 48.8 Å². The minimum absolute atomic E-state index is 0.257. The van der Waals surface area contributed by atoms with Gasteiger partial charge in [-0.3, -0.25) is 4.98 Å². The van der Waals surface area contributed by atoms with Gasteiger partial charge in [0.2, 0.25) is 0 Å². The summed E-state index contributed by atoms with van der Waals surface area (Å²) in [6.45, 7) is 1.54. The van der Waals surface area contributed by atoms with Gasteiger partial charge in [0.15, 0.2) is 0 Å². The molecule has 0 radical (unpaired) electrons. The van der Waals surface area contributed by atoms with Crippen molar-refractivity contribution in [2.24, 2.45) is 5.41 Å². The van der Waals surface area contributed by atoms with Crippen molar-refractivity contribution in [2.45, 2.75) is 31.6 Å². The van der Waals surface area contributed by atoms with Gasteiger partial charge in [-0.15, -0.1) is 0 Å². The Hall–Kier alpha value is -2.02. The summed E-state index contributed by atoms with van der Waals surface area (Å²) in [5, 5.41) is 23.3. The molecule has 1 heterocycles. The molecule has 2 unspecified atom stereocenters. The molecule has 1 saturated carbocycles. The predicted molar refractivity (Wildman–Crippen MR) is 91.5 cm³/mol. The standard InChI is InChI=1S/C19H23FN2O3/c20-15-5-3-14(4-6-15)10-22-12-19(8-17(23)18(24)9-19)13-25-16-2-1-7-21-11-16/h1-7,11,17-18,22-24H,8-10,12-13H2. The van der Waals surface area contributed by atoms with Gasteiger partial charge < -0.3 is 20.3 Å². The SMILES string of the molecule is OC1CC(CNCc2ccc(F)cc2)(COc2cccnc2)CC1O. The Morgan fingerprint density at radius 1 is 1.16 bits per heavy atom. The molecule has 1 aliphatic rings. The van der Waals surface area contributed by atoms with Crippen LogP contribution >= 0.6 is 0 Å². The number of nitrogens with zero attached hydrogens (tertiary/aromatic N) is 1. The highest BCUT2D eigenvalue weighted by molar-refractivity contribution is 5.17. The van der Waals surface area contributed by atoms with Crippen LogP contribution < -0.4 is 10.1 Å². The van der Waals surface area contributed by atoms with Crippen LogP contribution in [0.1, 0.15) is 18.4 Å². The van der Waals surface area contributed by atoms with E-state index >= 15 is 0 Å². The molecule has 25 heavy (non-hydrogen) atoms. The van der Waals surface area contributed by atoms with Gasteiger partial charge in [0.25, 0.3) is 0 Å². The van der Waals surface area contributed by atoms with Crippen LogP contribution in [0.5, 0.6) is 5.75 Å². The molecule has 1 aliphatic carbocycles. The van der Waals surface area contributed by atoms with E-state index in [2.05, 4.69) is 10.3 Å². The summed E-state index contributed by atoms with van der Waals surface area (Å²) in [5.41, 5.74) is 0.609. The van der Waals surface area contributed by atoms with Crippen molar-refractivity contribution in [1.82, 2.24) is 10.3 Å². The summed E-state index contributed by atoms with van der Waals surface area (Å²) >= 11 is 0. The lowest BCUT2D eigenvalue weighted by Crippen LogP contribution is -2.38. The van der Waals surface area contributed by atoms with E-state index < -0.39 is 12.2 Å². The summed E-state index contributed by atoms with van der Waals surface area (Å²) in [5.74, 6) is 0.406. The molecule has 1 fully saturated rings. The molecule has 2 atom stereocenters. The maximum absolute atomic E-state index is 13.0. The number of hydrogen-bond donors (Lipinski definition) is 3. The number of ether oxygens (including phenoxy) is 1. The summed E-state index contributed by atoms with van der Waals surface area (Å²) in [7, 11) is 0. The summed E-state index contributed by atoms with van der Waals surface area (Å²) in [6.07, 6.45) is 2.75. The predicted octanol–water partition coefficient (Wildman–Crippen LogP) is 1.89. The average Bonchev–Trinajstić information content (AvgIpc) is 2.90. The quantitative estimate of drug-likeness (QED) is 0.714. The van der Waals surface area contributed by atoms with E-state index in [0.717, 1.165) is 5.56 Å². The Bertz CT molecular complexity index is 656. The molecule has 3 N–H and O–H groups in total. The van der Waals surface area contributed by atoms with Gasteiger partial charge >= 0.3 is 0 Å². The number of aliphatic hydroxyl groups is 2. The largest absolute Gasteiger partial charge is 0.491 e. The van der Waals surface area contributed by atoms with E-state index in [0.29, 0.717) is 38.3 Å². The normalized spacial score (nSPS) is 25.9. The average molecular weight is 346 g/mol. The van der Waals surface area contributed by atoms with Gasteiger partial charge in [0.1, 0.15) is 11.6 Å². The maximum Gasteiger partial charge on any atom is 0.137 e. The molecular formula is C19H23FN2O3. The highest BCUT2D eigenvalue weighted by Gasteiger charge is 2.44. The highest BCUT2D eigenvalue weighted by atomic mass is 19.1. The second kappa shape index (κ2) is 7.91. The monoisotopic (exact) mass is 346 g/mol. The third-order valence-corrected chi connectivity index (χ3v) is 4.65. The molecule has 2 aromatic rings. The molecule has 1 aromatic heterocycles. The van der Waals surface area contributed by atoms with Crippen molar-refractivity contribution >= 4 is 0 Å². The highest BCUT2D eigenvalue weighted by Crippen LogP contribution is 2.38. The Kier molecular flexibility index (Phi) is 5.63. The molecule has 0 saturated heterocycles. The van der Waals surface area contributed by atoms with Crippen LogP contribution in [0.4, 0.5) is 4.39 Å². The van der Waals surface area contributed by atoms with Crippen molar-refractivity contribution in [3.63, 3.8) is 0 Å². The Morgan fingerprint density at radius 3 is 2.52 bits per heavy atom. The third kappa shape index (κ3) is 4.75. The Morgan fingerprint density at radius 2 is 1.88 bits per heavy atom. The van der Waals surface area contributed by atoms with Crippen LogP contribution in [-0.4, -0.2) is 40.6 Å². The maximum atomic E-state index is 13.0. The summed E-state index contributed by atoms with van der Waals surface area (Å²) in [6, 6.07) is 9.96. The van der Waals surface area contributed by atoms with Gasteiger partial charge in [-0.25, -0.2) is 4.39 Å². The van der Waals surface area contributed by atoms with Gasteiger partial charge in [-0.05, 0) is 42.7 Å². The second-order valence-electron chi connectivity index (χ2n) is 6.75. The number of rotatable bonds is 7. The number of aliphatic hydroxyl groups excluding tert-OH is 2. The van der Waals surface area contributed by atoms with Crippen LogP contribution in [0.25, 0.3) is 0 Å². The molecule has 0 bridgehead atoms. The molecule has 0 aliphatic heterocycles. The van der Waals surface area contributed by atoms with E-state index in [-0.39, 0.29) is 11.2 Å². The van der Waals surface area contributed by atoms with Crippen LogP contribution in [0.3, 0.4) is 0 Å². The first-order chi connectivity index (χ1) is 12.1. The molecule has 134 valence electrons. The first-order valence-electron chi connectivity index (χ1n) is 8.40. The lowest BCUT2D eigenvalue weighted by molar-refractivity contribution is 0.0438. The first-order valence-corrected chi connectivity index (χ1v) is 8.40. The minimum Gasteiger partial charge on any atom is -0.491 e. The zero-order valence-corrected chi connectivity index (χ0v) is 13.9. The van der Waals surface area contributed by atoms with E-state index in [4.69, 9.17) is 4.74 Å². The molecule has 5 nitrogen and oxygen atoms in total. The van der Waals surface area contributed by atoms with E-state index in [1.807, 2.05) is 6.07 Å². The van der Waals surface area contributed by atoms with Gasteiger partial charge in [-0.1, -0.05) is 12.1 Å². The van der Waals surface area contributed by atoms with Crippen molar-refractivity contribution < 1.29 is 19.3 Å². The third-order valence-electron chi connectivity index (χ3n) is 4.65. The second-order valence-corrected chi connectivity index (χ2v) is 6.75. The lowest BCUT2D eigenvalue weighted by Gasteiger charge is -2.29. The number of pyridine rings is 1. The summed E-state index contributed by atoms with van der Waals surface area (Å²) in [4.78, 5) is 4.02. The van der Waals surface area contributed by atoms with E-state index in [9.17, 15) is 14.6 Å². The van der Waals surface area contributed by atoms with Crippen molar-refractivity contribution in [1.29, 1.82) is 0 Å². The number of halogens is 1. The first kappa shape index (κ1) is 17.8. The van der Waals surface area contributed by atoms with Crippen molar-refractivity contribution in [3.8, 4) is 5.75 Å². The number of hydrogen-bond acceptors (Lipinski definition) is 5. The van der Waals surface area contributed by atoms with E-state index in [1.54, 1.807) is 30.6 Å². The number of aromatic nitrogens is 1. The number of nitrogens with one attached hydrogen (secondary N) is 1. The van der Waals surface area contributed by atoms with Gasteiger partial charge in [-0.2, -0.15) is 0 Å². The van der Waals surface area contributed by atoms with Crippen LogP contribution in [0, 0.1) is 11.2 Å². The molecule has 1 aromatic carbocycles. The molecule has 0 spiro atoms. The fraction of sp³-hybridized carbons (Fsp3) is 0.421. The zero-order valence-electron chi connectivity index (χ0n) is 13.9. The van der Waals surface area contributed by atoms with E-state index in [1.165, 1.54) is 12.1 Å². The number of benzene rings is 1. The zero-order chi connectivity index (χ0) is 17.7. The fourth-order valence-electron chi connectivity index (χ4n) is 3.30. The Labute approximate surface area is 146 Å². The Balaban J connectivity index is 1.60.